The number of hydrogen-bond acceptors (Lipinski definition) is 6. The fraction of sp³-hybridized carbons (Fsp3) is 0. The molecule has 0 spiro atoms. The molecule has 0 radical (unpaired) electrons. The fourth-order valence-corrected chi connectivity index (χ4v) is 12.0. The summed E-state index contributed by atoms with van der Waals surface area (Å²) in [6.45, 7) is 0. The van der Waals surface area contributed by atoms with Crippen LogP contribution in [0.5, 0.6) is 0 Å². The van der Waals surface area contributed by atoms with E-state index in [1.165, 1.54) is 21.5 Å². The second kappa shape index (κ2) is 20.3. The Labute approximate surface area is 484 Å². The second-order valence-corrected chi connectivity index (χ2v) is 21.4. The molecule has 0 fully saturated rings. The smallest absolute Gasteiger partial charge is 0.160 e. The highest BCUT2D eigenvalue weighted by Crippen LogP contribution is 2.40. The van der Waals surface area contributed by atoms with E-state index in [1.54, 1.807) is 0 Å². The van der Waals surface area contributed by atoms with Crippen LogP contribution in [0.1, 0.15) is 0 Å². The SMILES string of the molecule is c1ccc2ncc(-c3ccc(-c4cc(-c5cc6ccccc6c6ccccc56)nc(-c5ccc(-c6ccc(-c7nc(-c8ccc(-c9cnc%10ccccc%10c9)cc8)cc(-c8cc9ccccc9c9ccccc89)n7)cc6)cc5)n4)cc3)cc2c1. The van der Waals surface area contributed by atoms with Crippen molar-refractivity contribution in [2.24, 2.45) is 0 Å². The normalized spacial score (nSPS) is 11.6. The van der Waals surface area contributed by atoms with Crippen LogP contribution in [0.3, 0.4) is 0 Å². The van der Waals surface area contributed by atoms with Gasteiger partial charge in [0.1, 0.15) is 0 Å². The van der Waals surface area contributed by atoms with E-state index in [0.717, 1.165) is 133 Å². The van der Waals surface area contributed by atoms with Crippen LogP contribution in [0, 0.1) is 0 Å². The van der Waals surface area contributed by atoms with Gasteiger partial charge in [-0.25, -0.2) is 19.9 Å². The van der Waals surface area contributed by atoms with E-state index >= 15 is 0 Å². The first kappa shape index (κ1) is 48.6. The first-order chi connectivity index (χ1) is 41.6. The summed E-state index contributed by atoms with van der Waals surface area (Å²) in [7, 11) is 0. The zero-order chi connectivity index (χ0) is 55.5. The van der Waals surface area contributed by atoms with Gasteiger partial charge in [-0.3, -0.25) is 9.97 Å². The molecular weight excluding hydrogens is 1020 g/mol. The highest BCUT2D eigenvalue weighted by Gasteiger charge is 2.18. The van der Waals surface area contributed by atoms with Crippen LogP contribution in [0.25, 0.3) is 166 Å². The zero-order valence-corrected chi connectivity index (χ0v) is 45.4. The fourth-order valence-electron chi connectivity index (χ4n) is 12.0. The van der Waals surface area contributed by atoms with Crippen molar-refractivity contribution in [3.05, 3.63) is 291 Å². The number of nitrogens with zero attached hydrogens (tertiary/aromatic N) is 6. The van der Waals surface area contributed by atoms with Crippen LogP contribution in [0.4, 0.5) is 0 Å². The molecule has 0 saturated carbocycles. The Kier molecular flexibility index (Phi) is 11.8. The van der Waals surface area contributed by atoms with Crippen molar-refractivity contribution in [2.75, 3.05) is 0 Å². The van der Waals surface area contributed by atoms with Crippen molar-refractivity contribution in [3.63, 3.8) is 0 Å². The Morgan fingerprint density at radius 2 is 0.488 bits per heavy atom. The Hall–Kier alpha value is -11.3. The minimum Gasteiger partial charge on any atom is -0.256 e. The van der Waals surface area contributed by atoms with E-state index in [0.29, 0.717) is 11.6 Å². The maximum Gasteiger partial charge on any atom is 0.160 e. The van der Waals surface area contributed by atoms with Crippen molar-refractivity contribution in [1.82, 2.24) is 29.9 Å². The Morgan fingerprint density at radius 3 is 0.893 bits per heavy atom. The van der Waals surface area contributed by atoms with Gasteiger partial charge in [-0.2, -0.15) is 0 Å². The minimum absolute atomic E-state index is 0.650. The first-order valence-electron chi connectivity index (χ1n) is 28.3. The highest BCUT2D eigenvalue weighted by atomic mass is 14.9. The molecule has 0 aliphatic heterocycles. The molecule has 0 atom stereocenters. The number of para-hydroxylation sites is 2. The van der Waals surface area contributed by atoms with Gasteiger partial charge in [-0.1, -0.05) is 231 Å². The number of rotatable bonds is 9. The van der Waals surface area contributed by atoms with Gasteiger partial charge >= 0.3 is 0 Å². The van der Waals surface area contributed by atoms with Crippen LogP contribution in [0.15, 0.2) is 291 Å². The molecule has 0 aliphatic rings. The molecule has 16 rings (SSSR count). The summed E-state index contributed by atoms with van der Waals surface area (Å²) >= 11 is 0. The summed E-state index contributed by atoms with van der Waals surface area (Å²) in [6, 6.07) is 98.5. The van der Waals surface area contributed by atoms with E-state index in [2.05, 4.69) is 255 Å². The van der Waals surface area contributed by atoms with Crippen molar-refractivity contribution >= 4 is 64.9 Å². The molecule has 4 aromatic heterocycles. The summed E-state index contributed by atoms with van der Waals surface area (Å²) in [6.07, 6.45) is 3.90. The second-order valence-electron chi connectivity index (χ2n) is 21.4. The standard InChI is InChI=1S/C78H48N6/c1-5-17-63-57(13-1)43-69(67-21-9-7-19-65(63)67)75-45-73(53-33-25-51(26-34-53)61-41-59-15-3-11-23-71(59)79-47-61)81-77(83-75)55-37-29-49(30-38-55)50-31-39-56(40-32-50)78-82-74(54-35-27-52(28-36-54)62-42-60-16-4-12-24-72(60)80-48-62)46-76(84-78)70-44-58-14-2-6-18-64(58)66-20-8-10-22-68(66)70/h1-48H. The Balaban J connectivity index is 0.758. The largest absolute Gasteiger partial charge is 0.256 e. The van der Waals surface area contributed by atoms with Crippen molar-refractivity contribution in [2.45, 2.75) is 0 Å². The molecular formula is C78H48N6. The van der Waals surface area contributed by atoms with Crippen LogP contribution in [-0.2, 0) is 0 Å². The van der Waals surface area contributed by atoms with Gasteiger partial charge in [0.25, 0.3) is 0 Å². The van der Waals surface area contributed by atoms with Gasteiger partial charge < -0.3 is 0 Å². The molecule has 0 N–H and O–H groups in total. The summed E-state index contributed by atoms with van der Waals surface area (Å²) in [5.41, 5.74) is 17.8. The average molecular weight is 1070 g/mol. The maximum absolute atomic E-state index is 5.38. The third-order valence-corrected chi connectivity index (χ3v) is 16.4. The predicted octanol–water partition coefficient (Wildman–Crippen LogP) is 20.0. The molecule has 84 heavy (non-hydrogen) atoms. The monoisotopic (exact) mass is 1070 g/mol. The molecule has 0 saturated heterocycles. The summed E-state index contributed by atoms with van der Waals surface area (Å²) in [5.74, 6) is 1.30. The quantitative estimate of drug-likeness (QED) is 0.134. The third kappa shape index (κ3) is 8.87. The number of pyridine rings is 2. The van der Waals surface area contributed by atoms with E-state index in [4.69, 9.17) is 29.9 Å². The number of hydrogen-bond donors (Lipinski definition) is 0. The van der Waals surface area contributed by atoms with Gasteiger partial charge in [-0.15, -0.1) is 0 Å². The summed E-state index contributed by atoms with van der Waals surface area (Å²) in [5, 5.41) is 11.6. The molecule has 6 heteroatoms. The van der Waals surface area contributed by atoms with E-state index < -0.39 is 0 Å². The average Bonchev–Trinajstić information content (AvgIpc) is 3.35. The van der Waals surface area contributed by atoms with E-state index in [-0.39, 0.29) is 0 Å². The lowest BCUT2D eigenvalue weighted by atomic mass is 9.94. The molecule has 0 amide bonds. The topological polar surface area (TPSA) is 77.3 Å². The van der Waals surface area contributed by atoms with E-state index in [9.17, 15) is 0 Å². The first-order valence-corrected chi connectivity index (χ1v) is 28.3. The summed E-state index contributed by atoms with van der Waals surface area (Å²) < 4.78 is 0. The van der Waals surface area contributed by atoms with Gasteiger partial charge in [0.2, 0.25) is 0 Å². The van der Waals surface area contributed by atoms with Gasteiger partial charge in [0, 0.05) is 67.7 Å². The number of fused-ring (bicyclic) bond motifs is 8. The molecule has 0 bridgehead atoms. The lowest BCUT2D eigenvalue weighted by molar-refractivity contribution is 1.18. The van der Waals surface area contributed by atoms with Gasteiger partial charge in [0.15, 0.2) is 11.6 Å². The van der Waals surface area contributed by atoms with Crippen molar-refractivity contribution in [3.8, 4) is 101 Å². The van der Waals surface area contributed by atoms with Crippen molar-refractivity contribution < 1.29 is 0 Å². The summed E-state index contributed by atoms with van der Waals surface area (Å²) in [4.78, 5) is 30.9. The maximum atomic E-state index is 5.38. The van der Waals surface area contributed by atoms with Crippen molar-refractivity contribution in [1.29, 1.82) is 0 Å². The van der Waals surface area contributed by atoms with E-state index in [1.807, 2.05) is 36.7 Å². The highest BCUT2D eigenvalue weighted by molar-refractivity contribution is 6.15. The van der Waals surface area contributed by atoms with Crippen LogP contribution in [-0.4, -0.2) is 29.9 Å². The molecule has 6 nitrogen and oxygen atoms in total. The van der Waals surface area contributed by atoms with Crippen LogP contribution in [0.2, 0.25) is 0 Å². The molecule has 16 aromatic rings. The lowest BCUT2D eigenvalue weighted by Crippen LogP contribution is -1.97. The Morgan fingerprint density at radius 1 is 0.190 bits per heavy atom. The zero-order valence-electron chi connectivity index (χ0n) is 45.4. The van der Waals surface area contributed by atoms with Gasteiger partial charge in [-0.05, 0) is 114 Å². The Bertz CT molecular complexity index is 4900. The molecule has 390 valence electrons. The lowest BCUT2D eigenvalue weighted by Gasteiger charge is -2.14. The van der Waals surface area contributed by atoms with Gasteiger partial charge in [0.05, 0.1) is 33.8 Å². The molecule has 12 aromatic carbocycles. The molecule has 4 heterocycles. The third-order valence-electron chi connectivity index (χ3n) is 16.4. The molecule has 0 aliphatic carbocycles. The predicted molar refractivity (Wildman–Crippen MR) is 347 cm³/mol. The number of aromatic nitrogens is 6. The van der Waals surface area contributed by atoms with Crippen LogP contribution < -0.4 is 0 Å². The van der Waals surface area contributed by atoms with Crippen LogP contribution >= 0.6 is 0 Å². The molecule has 0 unspecified atom stereocenters. The number of benzene rings is 12. The minimum atomic E-state index is 0.650.